The Balaban J connectivity index is 2.48. The number of hydrogen-bond acceptors (Lipinski definition) is 2. The zero-order chi connectivity index (χ0) is 15.8. The average molecular weight is 380 g/mol. The summed E-state index contributed by atoms with van der Waals surface area (Å²) < 4.78 is 66.0. The number of benzene rings is 2. The predicted octanol–water partition coefficient (Wildman–Crippen LogP) is 3.98. The molecule has 0 unspecified atom stereocenters. The third kappa shape index (κ3) is 3.38. The van der Waals surface area contributed by atoms with Gasteiger partial charge in [0.2, 0.25) is 0 Å². The second-order valence-corrected chi connectivity index (χ2v) is 6.74. The van der Waals surface area contributed by atoms with Crippen LogP contribution in [0.1, 0.15) is 5.56 Å². The molecular formula is C13H9BrF3NO2S. The molecule has 0 bridgehead atoms. The van der Waals surface area contributed by atoms with Crippen molar-refractivity contribution in [1.82, 2.24) is 0 Å². The van der Waals surface area contributed by atoms with E-state index in [2.05, 4.69) is 20.7 Å². The fraction of sp³-hybridized carbons (Fsp3) is 0.0769. The van der Waals surface area contributed by atoms with Crippen LogP contribution in [-0.4, -0.2) is 8.42 Å². The summed E-state index contributed by atoms with van der Waals surface area (Å²) in [6, 6.07) is 4.73. The molecular weight excluding hydrogens is 371 g/mol. The second kappa shape index (κ2) is 5.69. The minimum absolute atomic E-state index is 0.104. The molecule has 8 heteroatoms. The monoisotopic (exact) mass is 379 g/mol. The first-order valence-corrected chi connectivity index (χ1v) is 7.92. The number of nitrogens with one attached hydrogen (secondary N) is 1. The van der Waals surface area contributed by atoms with E-state index in [1.54, 1.807) is 0 Å². The summed E-state index contributed by atoms with van der Waals surface area (Å²) >= 11 is 2.82. The molecule has 0 heterocycles. The number of aryl methyl sites for hydroxylation is 1. The van der Waals surface area contributed by atoms with Gasteiger partial charge in [0.15, 0.2) is 0 Å². The Morgan fingerprint density at radius 1 is 1.05 bits per heavy atom. The lowest BCUT2D eigenvalue weighted by molar-refractivity contribution is 0.548. The van der Waals surface area contributed by atoms with Crippen molar-refractivity contribution in [2.45, 2.75) is 11.8 Å². The summed E-state index contributed by atoms with van der Waals surface area (Å²) in [5.74, 6) is -2.66. The van der Waals surface area contributed by atoms with E-state index in [-0.39, 0.29) is 10.2 Å². The first-order chi connectivity index (χ1) is 9.70. The van der Waals surface area contributed by atoms with Crippen LogP contribution in [-0.2, 0) is 10.0 Å². The van der Waals surface area contributed by atoms with Gasteiger partial charge in [-0.2, -0.15) is 0 Å². The van der Waals surface area contributed by atoms with E-state index >= 15 is 0 Å². The molecule has 21 heavy (non-hydrogen) atoms. The number of halogens is 4. The molecule has 0 radical (unpaired) electrons. The molecule has 0 atom stereocenters. The summed E-state index contributed by atoms with van der Waals surface area (Å²) in [5.41, 5.74) is 0.434. The highest BCUT2D eigenvalue weighted by Gasteiger charge is 2.24. The molecule has 0 saturated heterocycles. The Morgan fingerprint density at radius 2 is 1.71 bits per heavy atom. The van der Waals surface area contributed by atoms with Crippen LogP contribution in [0.2, 0.25) is 0 Å². The van der Waals surface area contributed by atoms with Crippen molar-refractivity contribution in [3.8, 4) is 0 Å². The molecule has 0 aromatic heterocycles. The Labute approximate surface area is 128 Å². The first-order valence-electron chi connectivity index (χ1n) is 5.64. The Morgan fingerprint density at radius 3 is 2.29 bits per heavy atom. The summed E-state index contributed by atoms with van der Waals surface area (Å²) in [6.07, 6.45) is 0. The van der Waals surface area contributed by atoms with Crippen LogP contribution in [0.25, 0.3) is 0 Å². The van der Waals surface area contributed by atoms with Gasteiger partial charge in [-0.05, 0) is 52.7 Å². The van der Waals surface area contributed by atoms with Crippen molar-refractivity contribution in [2.75, 3.05) is 4.72 Å². The molecule has 0 spiro atoms. The predicted molar refractivity (Wildman–Crippen MR) is 76.0 cm³/mol. The lowest BCUT2D eigenvalue weighted by Gasteiger charge is -2.12. The average Bonchev–Trinajstić information content (AvgIpc) is 2.30. The third-order valence-electron chi connectivity index (χ3n) is 2.66. The van der Waals surface area contributed by atoms with Gasteiger partial charge in [0, 0.05) is 10.5 Å². The fourth-order valence-electron chi connectivity index (χ4n) is 1.72. The van der Waals surface area contributed by atoms with Crippen molar-refractivity contribution in [1.29, 1.82) is 0 Å². The van der Waals surface area contributed by atoms with Gasteiger partial charge in [0.05, 0.1) is 5.69 Å². The second-order valence-electron chi connectivity index (χ2n) is 4.26. The van der Waals surface area contributed by atoms with Crippen LogP contribution in [0.3, 0.4) is 0 Å². The Hall–Kier alpha value is -1.54. The van der Waals surface area contributed by atoms with Gasteiger partial charge in [-0.15, -0.1) is 0 Å². The highest BCUT2D eigenvalue weighted by Crippen LogP contribution is 2.29. The van der Waals surface area contributed by atoms with Gasteiger partial charge >= 0.3 is 0 Å². The summed E-state index contributed by atoms with van der Waals surface area (Å²) in [4.78, 5) is -0.715. The molecule has 0 aliphatic carbocycles. The molecule has 112 valence electrons. The SMILES string of the molecule is Cc1cc(F)ccc1NS(=O)(=O)c1c(F)cc(F)cc1Br. The van der Waals surface area contributed by atoms with E-state index < -0.39 is 32.4 Å². The molecule has 0 saturated carbocycles. The van der Waals surface area contributed by atoms with E-state index in [0.717, 1.165) is 18.2 Å². The number of sulfonamides is 1. The molecule has 0 aliphatic rings. The maximum Gasteiger partial charge on any atom is 0.265 e. The van der Waals surface area contributed by atoms with Gasteiger partial charge in [-0.1, -0.05) is 0 Å². The van der Waals surface area contributed by atoms with Gasteiger partial charge in [0.25, 0.3) is 10.0 Å². The number of hydrogen-bond donors (Lipinski definition) is 1. The molecule has 0 amide bonds. The zero-order valence-electron chi connectivity index (χ0n) is 10.6. The van der Waals surface area contributed by atoms with Gasteiger partial charge in [-0.25, -0.2) is 21.6 Å². The standard InChI is InChI=1S/C13H9BrF3NO2S/c1-7-4-8(15)2-3-12(7)18-21(19,20)13-10(14)5-9(16)6-11(13)17/h2-6,18H,1H3. The fourth-order valence-corrected chi connectivity index (χ4v) is 4.02. The first kappa shape index (κ1) is 15.8. The third-order valence-corrected chi connectivity index (χ3v) is 4.99. The maximum absolute atomic E-state index is 13.7. The van der Waals surface area contributed by atoms with Crippen LogP contribution < -0.4 is 4.72 Å². The van der Waals surface area contributed by atoms with E-state index in [4.69, 9.17) is 0 Å². The van der Waals surface area contributed by atoms with Crippen LogP contribution in [0, 0.1) is 24.4 Å². The van der Waals surface area contributed by atoms with Crippen LogP contribution in [0.5, 0.6) is 0 Å². The summed E-state index contributed by atoms with van der Waals surface area (Å²) in [5, 5.41) is 0. The number of anilines is 1. The molecule has 1 N–H and O–H groups in total. The van der Waals surface area contributed by atoms with E-state index in [1.165, 1.54) is 13.0 Å². The van der Waals surface area contributed by atoms with E-state index in [0.29, 0.717) is 11.6 Å². The smallest absolute Gasteiger partial charge is 0.265 e. The minimum Gasteiger partial charge on any atom is -0.279 e. The molecule has 2 aromatic rings. The Bertz CT molecular complexity index is 786. The highest BCUT2D eigenvalue weighted by molar-refractivity contribution is 9.10. The maximum atomic E-state index is 13.7. The summed E-state index contributed by atoms with van der Waals surface area (Å²) in [6.45, 7) is 1.50. The van der Waals surface area contributed by atoms with Crippen LogP contribution >= 0.6 is 15.9 Å². The minimum atomic E-state index is -4.29. The molecule has 2 rings (SSSR count). The summed E-state index contributed by atoms with van der Waals surface area (Å²) in [7, 11) is -4.29. The van der Waals surface area contributed by atoms with Crippen molar-refractivity contribution in [3.63, 3.8) is 0 Å². The molecule has 3 nitrogen and oxygen atoms in total. The van der Waals surface area contributed by atoms with Crippen LogP contribution in [0.15, 0.2) is 39.7 Å². The van der Waals surface area contributed by atoms with E-state index in [1.807, 2.05) is 0 Å². The topological polar surface area (TPSA) is 46.2 Å². The molecule has 0 fully saturated rings. The van der Waals surface area contributed by atoms with Crippen molar-refractivity contribution < 1.29 is 21.6 Å². The normalized spacial score (nSPS) is 11.5. The van der Waals surface area contributed by atoms with Gasteiger partial charge < -0.3 is 0 Å². The zero-order valence-corrected chi connectivity index (χ0v) is 13.0. The van der Waals surface area contributed by atoms with Gasteiger partial charge in [-0.3, -0.25) is 4.72 Å². The quantitative estimate of drug-likeness (QED) is 0.876. The lowest BCUT2D eigenvalue weighted by Crippen LogP contribution is -2.16. The van der Waals surface area contributed by atoms with Crippen molar-refractivity contribution >= 4 is 31.6 Å². The van der Waals surface area contributed by atoms with Crippen molar-refractivity contribution in [2.24, 2.45) is 0 Å². The molecule has 2 aromatic carbocycles. The molecule has 0 aliphatic heterocycles. The highest BCUT2D eigenvalue weighted by atomic mass is 79.9. The number of rotatable bonds is 3. The largest absolute Gasteiger partial charge is 0.279 e. The lowest BCUT2D eigenvalue weighted by atomic mass is 10.2. The van der Waals surface area contributed by atoms with Crippen LogP contribution in [0.4, 0.5) is 18.9 Å². The Kier molecular flexibility index (Phi) is 4.29. The van der Waals surface area contributed by atoms with Gasteiger partial charge in [0.1, 0.15) is 22.3 Å². The van der Waals surface area contributed by atoms with E-state index in [9.17, 15) is 21.6 Å². The van der Waals surface area contributed by atoms with Crippen molar-refractivity contribution in [3.05, 3.63) is 57.8 Å².